The molecule has 33 heavy (non-hydrogen) atoms. The van der Waals surface area contributed by atoms with Crippen molar-refractivity contribution in [3.05, 3.63) is 11.6 Å². The molecule has 1 heterocycles. The smallest absolute Gasteiger partial charge is 0.306 e. The monoisotopic (exact) mass is 458 g/mol. The minimum atomic E-state index is -0.318. The second-order valence-electron chi connectivity index (χ2n) is 13.2. The topological polar surface area (TPSA) is 72.8 Å². The number of ether oxygens (including phenoxy) is 2. The van der Waals surface area contributed by atoms with Crippen LogP contribution in [-0.2, 0) is 19.1 Å². The first-order valence-electron chi connectivity index (χ1n) is 13.1. The summed E-state index contributed by atoms with van der Waals surface area (Å²) in [5.74, 6) is 1.11. The molecule has 5 heteroatoms. The number of aliphatic hydroxyl groups is 1. The zero-order valence-corrected chi connectivity index (χ0v) is 21.3. The fourth-order valence-corrected chi connectivity index (χ4v) is 9.84. The van der Waals surface area contributed by atoms with E-state index in [1.165, 1.54) is 12.5 Å². The van der Waals surface area contributed by atoms with Crippen LogP contribution in [0.4, 0.5) is 0 Å². The maximum atomic E-state index is 12.3. The van der Waals surface area contributed by atoms with Crippen molar-refractivity contribution in [3.8, 4) is 0 Å². The molecule has 1 N–H and O–H groups in total. The van der Waals surface area contributed by atoms with Gasteiger partial charge in [-0.15, -0.1) is 0 Å². The van der Waals surface area contributed by atoms with Crippen LogP contribution in [0.25, 0.3) is 0 Å². The molecule has 0 unspecified atom stereocenters. The Morgan fingerprint density at radius 3 is 2.48 bits per heavy atom. The first-order chi connectivity index (χ1) is 15.3. The van der Waals surface area contributed by atoms with Crippen LogP contribution >= 0.6 is 0 Å². The Hall–Kier alpha value is -1.36. The fraction of sp³-hybridized carbons (Fsp3) is 0.857. The number of aliphatic hydroxyl groups excluding tert-OH is 1. The second kappa shape index (κ2) is 7.32. The van der Waals surface area contributed by atoms with E-state index >= 15 is 0 Å². The summed E-state index contributed by atoms with van der Waals surface area (Å²) < 4.78 is 11.5. The van der Waals surface area contributed by atoms with Gasteiger partial charge in [0.05, 0.1) is 19.1 Å². The zero-order valence-electron chi connectivity index (χ0n) is 21.3. The molecule has 1 saturated heterocycles. The molecule has 0 amide bonds. The minimum absolute atomic E-state index is 0.00912. The Kier molecular flexibility index (Phi) is 5.19. The molecule has 0 bridgehead atoms. The van der Waals surface area contributed by atoms with Gasteiger partial charge in [-0.05, 0) is 72.5 Å². The number of cyclic esters (lactones) is 1. The van der Waals surface area contributed by atoms with Gasteiger partial charge in [0, 0.05) is 18.3 Å². The molecular weight excluding hydrogens is 416 g/mol. The van der Waals surface area contributed by atoms with E-state index in [9.17, 15) is 14.7 Å². The number of fused-ring (bicyclic) bond motifs is 5. The standard InChI is InChI=1S/C28H42O5/c1-16(29)33-23-14-21-25(2,3)22(30)10-12-27(21,5)20-9-11-26(4)18(17-13-24(31)32-15-17)7-8-19(26)28(20,23)6/h8,17-18,20-23,30H,7,9-15H2,1-6H3/t17-,18-,20+,21-,22+,23+,26-,27+,28-/m0/s1. The molecule has 5 rings (SSSR count). The summed E-state index contributed by atoms with van der Waals surface area (Å²) in [7, 11) is 0. The Morgan fingerprint density at radius 2 is 1.85 bits per heavy atom. The average molecular weight is 459 g/mol. The third-order valence-corrected chi connectivity index (χ3v) is 11.5. The average Bonchev–Trinajstić information content (AvgIpc) is 3.30. The lowest BCUT2D eigenvalue weighted by Gasteiger charge is -2.68. The van der Waals surface area contributed by atoms with Gasteiger partial charge in [-0.25, -0.2) is 0 Å². The van der Waals surface area contributed by atoms with Gasteiger partial charge in [0.2, 0.25) is 0 Å². The summed E-state index contributed by atoms with van der Waals surface area (Å²) in [5.41, 5.74) is 1.14. The predicted molar refractivity (Wildman–Crippen MR) is 125 cm³/mol. The molecular formula is C28H42O5. The summed E-state index contributed by atoms with van der Waals surface area (Å²) in [6.07, 6.45) is 8.31. The molecule has 5 aliphatic rings. The van der Waals surface area contributed by atoms with Crippen molar-refractivity contribution in [2.45, 2.75) is 98.7 Å². The summed E-state index contributed by atoms with van der Waals surface area (Å²) in [4.78, 5) is 24.2. The molecule has 9 atom stereocenters. The van der Waals surface area contributed by atoms with E-state index in [4.69, 9.17) is 9.47 Å². The van der Waals surface area contributed by atoms with Gasteiger partial charge in [0.15, 0.2) is 0 Å². The maximum absolute atomic E-state index is 12.3. The van der Waals surface area contributed by atoms with Crippen LogP contribution in [0.2, 0.25) is 0 Å². The molecule has 4 aliphatic carbocycles. The molecule has 4 fully saturated rings. The van der Waals surface area contributed by atoms with E-state index in [1.54, 1.807) is 0 Å². The van der Waals surface area contributed by atoms with Gasteiger partial charge in [-0.2, -0.15) is 0 Å². The van der Waals surface area contributed by atoms with Gasteiger partial charge in [-0.3, -0.25) is 9.59 Å². The molecule has 1 aliphatic heterocycles. The summed E-state index contributed by atoms with van der Waals surface area (Å²) in [6.45, 7) is 13.7. The van der Waals surface area contributed by atoms with Gasteiger partial charge in [0.25, 0.3) is 0 Å². The van der Waals surface area contributed by atoms with Crippen molar-refractivity contribution in [1.82, 2.24) is 0 Å². The third-order valence-electron chi connectivity index (χ3n) is 11.5. The van der Waals surface area contributed by atoms with Gasteiger partial charge in [0.1, 0.15) is 6.10 Å². The van der Waals surface area contributed by atoms with Crippen molar-refractivity contribution in [2.24, 2.45) is 45.3 Å². The van der Waals surface area contributed by atoms with E-state index in [1.807, 2.05) is 0 Å². The lowest BCUT2D eigenvalue weighted by molar-refractivity contribution is -0.222. The maximum Gasteiger partial charge on any atom is 0.306 e. The zero-order chi connectivity index (χ0) is 24.0. The molecule has 5 nitrogen and oxygen atoms in total. The fourth-order valence-electron chi connectivity index (χ4n) is 9.84. The number of rotatable bonds is 2. The summed E-state index contributed by atoms with van der Waals surface area (Å²) in [5, 5.41) is 10.9. The van der Waals surface area contributed by atoms with Crippen LogP contribution in [0.1, 0.15) is 86.5 Å². The number of hydrogen-bond donors (Lipinski definition) is 1. The Balaban J connectivity index is 1.57. The Labute approximate surface area is 198 Å². The highest BCUT2D eigenvalue weighted by molar-refractivity contribution is 5.71. The molecule has 0 aromatic carbocycles. The second-order valence-corrected chi connectivity index (χ2v) is 13.2. The number of esters is 2. The molecule has 0 spiro atoms. The summed E-state index contributed by atoms with van der Waals surface area (Å²) >= 11 is 0. The lowest BCUT2D eigenvalue weighted by Crippen LogP contribution is -2.66. The largest absolute Gasteiger partial charge is 0.465 e. The van der Waals surface area contributed by atoms with Crippen molar-refractivity contribution in [1.29, 1.82) is 0 Å². The van der Waals surface area contributed by atoms with Crippen LogP contribution in [0, 0.1) is 45.3 Å². The first-order valence-corrected chi connectivity index (χ1v) is 13.1. The minimum Gasteiger partial charge on any atom is -0.465 e. The van der Waals surface area contributed by atoms with Crippen molar-refractivity contribution < 1.29 is 24.2 Å². The quantitative estimate of drug-likeness (QED) is 0.463. The third kappa shape index (κ3) is 3.06. The lowest BCUT2D eigenvalue weighted by atomic mass is 9.37. The normalized spacial score (nSPS) is 50.5. The molecule has 3 saturated carbocycles. The van der Waals surface area contributed by atoms with E-state index in [-0.39, 0.29) is 51.7 Å². The van der Waals surface area contributed by atoms with Crippen LogP contribution in [0.15, 0.2) is 11.6 Å². The first kappa shape index (κ1) is 23.4. The Bertz CT molecular complexity index is 891. The number of carbonyl (C=O) groups is 2. The highest BCUT2D eigenvalue weighted by Crippen LogP contribution is 2.73. The summed E-state index contributed by atoms with van der Waals surface area (Å²) in [6, 6.07) is 0. The van der Waals surface area contributed by atoms with E-state index < -0.39 is 0 Å². The highest BCUT2D eigenvalue weighted by Gasteiger charge is 2.69. The van der Waals surface area contributed by atoms with E-state index in [0.717, 1.165) is 38.5 Å². The molecule has 0 aromatic rings. The van der Waals surface area contributed by atoms with Crippen molar-refractivity contribution in [3.63, 3.8) is 0 Å². The predicted octanol–water partition coefficient (Wildman–Crippen LogP) is 5.06. The van der Waals surface area contributed by atoms with Crippen LogP contribution in [0.5, 0.6) is 0 Å². The number of allylic oxidation sites excluding steroid dienone is 1. The van der Waals surface area contributed by atoms with Gasteiger partial charge < -0.3 is 14.6 Å². The Morgan fingerprint density at radius 1 is 1.12 bits per heavy atom. The van der Waals surface area contributed by atoms with Crippen LogP contribution in [-0.4, -0.2) is 35.9 Å². The van der Waals surface area contributed by atoms with Crippen LogP contribution < -0.4 is 0 Å². The number of hydrogen-bond acceptors (Lipinski definition) is 5. The van der Waals surface area contributed by atoms with Crippen molar-refractivity contribution in [2.75, 3.05) is 6.61 Å². The number of carbonyl (C=O) groups excluding carboxylic acids is 2. The SMILES string of the molecule is CC(=O)O[C@@H]1C[C@H]2C(C)(C)[C@H](O)CC[C@]2(C)[C@H]2CC[C@]3(C)C(=CC[C@H]3[C@@H]3COC(=O)C3)[C@@]21C. The molecule has 184 valence electrons. The van der Waals surface area contributed by atoms with E-state index in [2.05, 4.69) is 40.7 Å². The molecule has 0 radical (unpaired) electrons. The van der Waals surface area contributed by atoms with Crippen molar-refractivity contribution >= 4 is 11.9 Å². The highest BCUT2D eigenvalue weighted by atomic mass is 16.5. The van der Waals surface area contributed by atoms with Crippen LogP contribution in [0.3, 0.4) is 0 Å². The van der Waals surface area contributed by atoms with E-state index in [0.29, 0.717) is 30.8 Å². The van der Waals surface area contributed by atoms with Gasteiger partial charge in [-0.1, -0.05) is 46.3 Å². The molecule has 0 aromatic heterocycles. The van der Waals surface area contributed by atoms with Gasteiger partial charge >= 0.3 is 11.9 Å².